The van der Waals surface area contributed by atoms with Crippen LogP contribution in [0.2, 0.25) is 0 Å². The first-order valence-corrected chi connectivity index (χ1v) is 11.0. The van der Waals surface area contributed by atoms with Crippen LogP contribution >= 0.6 is 11.8 Å². The van der Waals surface area contributed by atoms with Crippen LogP contribution in [-0.4, -0.2) is 49.1 Å². The van der Waals surface area contributed by atoms with Crippen molar-refractivity contribution in [3.8, 4) is 0 Å². The molecule has 148 valence electrons. The zero-order chi connectivity index (χ0) is 19.9. The summed E-state index contributed by atoms with van der Waals surface area (Å²) in [6.45, 7) is 1.89. The van der Waals surface area contributed by atoms with Crippen LogP contribution < -0.4 is 10.0 Å². The smallest absolute Gasteiger partial charge is 0.244 e. The van der Waals surface area contributed by atoms with Crippen LogP contribution in [0.3, 0.4) is 0 Å². The van der Waals surface area contributed by atoms with Crippen LogP contribution in [0.25, 0.3) is 0 Å². The Balaban J connectivity index is 2.02. The number of amides is 1. The van der Waals surface area contributed by atoms with E-state index in [1.165, 1.54) is 23.9 Å². The molecule has 0 aliphatic heterocycles. The van der Waals surface area contributed by atoms with Crippen LogP contribution in [0.4, 0.5) is 4.39 Å². The van der Waals surface area contributed by atoms with Gasteiger partial charge in [-0.2, -0.15) is 21.5 Å². The summed E-state index contributed by atoms with van der Waals surface area (Å²) in [4.78, 5) is 16.0. The van der Waals surface area contributed by atoms with E-state index in [1.54, 1.807) is 6.92 Å². The second-order valence-electron chi connectivity index (χ2n) is 5.66. The van der Waals surface area contributed by atoms with E-state index in [2.05, 4.69) is 20.2 Å². The molecule has 2 N–H and O–H groups in total. The Bertz CT molecular complexity index is 873. The molecule has 1 unspecified atom stereocenters. The number of thioether (sulfide) groups is 1. The monoisotopic (exact) mass is 416 g/mol. The Morgan fingerprint density at radius 1 is 1.37 bits per heavy atom. The second kappa shape index (κ2) is 9.81. The van der Waals surface area contributed by atoms with Gasteiger partial charge in [0.05, 0.1) is 0 Å². The van der Waals surface area contributed by atoms with Crippen LogP contribution in [0.1, 0.15) is 18.1 Å². The number of carbonyl (C=O) groups excluding carboxylic acids is 1. The van der Waals surface area contributed by atoms with Crippen molar-refractivity contribution in [3.05, 3.63) is 41.8 Å². The average Bonchev–Trinajstić information content (AvgIpc) is 3.03. The summed E-state index contributed by atoms with van der Waals surface area (Å²) in [5.41, 5.74) is 0. The molecule has 2 aromatic rings. The van der Waals surface area contributed by atoms with Gasteiger partial charge in [-0.05, 0) is 37.5 Å². The normalized spacial score (nSPS) is 12.7. The Morgan fingerprint density at radius 2 is 2.11 bits per heavy atom. The Labute approximate surface area is 161 Å². The fraction of sp³-hybridized carbons (Fsp3) is 0.438. The summed E-state index contributed by atoms with van der Waals surface area (Å²) in [6.07, 6.45) is 2.43. The van der Waals surface area contributed by atoms with Crippen molar-refractivity contribution in [1.82, 2.24) is 20.2 Å². The van der Waals surface area contributed by atoms with Gasteiger partial charge in [0.1, 0.15) is 16.8 Å². The molecule has 0 bridgehead atoms. The number of carbonyl (C=O) groups is 1. The van der Waals surface area contributed by atoms with Crippen molar-refractivity contribution in [2.24, 2.45) is 0 Å². The van der Waals surface area contributed by atoms with E-state index in [0.29, 0.717) is 23.9 Å². The van der Waals surface area contributed by atoms with E-state index in [0.717, 1.165) is 12.1 Å². The predicted molar refractivity (Wildman–Crippen MR) is 99.3 cm³/mol. The summed E-state index contributed by atoms with van der Waals surface area (Å²) in [7, 11) is -4.18. The summed E-state index contributed by atoms with van der Waals surface area (Å²) in [6, 6.07) is 4.00. The highest BCUT2D eigenvalue weighted by molar-refractivity contribution is 7.98. The molecule has 1 aromatic heterocycles. The van der Waals surface area contributed by atoms with E-state index < -0.39 is 32.7 Å². The number of hydrogen-bond donors (Lipinski definition) is 2. The fourth-order valence-corrected chi connectivity index (χ4v) is 4.03. The van der Waals surface area contributed by atoms with E-state index in [4.69, 9.17) is 4.52 Å². The maximum Gasteiger partial charge on any atom is 0.244 e. The number of nitrogens with zero attached hydrogens (tertiary/aromatic N) is 2. The third-order valence-corrected chi connectivity index (χ3v) is 5.71. The largest absolute Gasteiger partial charge is 0.354 e. The first-order valence-electron chi connectivity index (χ1n) is 8.16. The molecule has 0 aliphatic rings. The lowest BCUT2D eigenvalue weighted by molar-refractivity contribution is -0.122. The summed E-state index contributed by atoms with van der Waals surface area (Å²) < 4.78 is 46.0. The van der Waals surface area contributed by atoms with Gasteiger partial charge in [0, 0.05) is 13.0 Å². The van der Waals surface area contributed by atoms with Gasteiger partial charge in [0.15, 0.2) is 5.82 Å². The molecule has 11 heteroatoms. The lowest BCUT2D eigenvalue weighted by Gasteiger charge is -2.18. The number of hydrogen-bond acceptors (Lipinski definition) is 7. The fourth-order valence-electron chi connectivity index (χ4n) is 2.25. The van der Waals surface area contributed by atoms with Crippen LogP contribution in [0, 0.1) is 12.7 Å². The number of nitrogens with one attached hydrogen (secondary N) is 2. The van der Waals surface area contributed by atoms with Crippen LogP contribution in [0.15, 0.2) is 33.7 Å². The van der Waals surface area contributed by atoms with Crippen molar-refractivity contribution in [2.75, 3.05) is 18.6 Å². The number of benzene rings is 1. The summed E-state index contributed by atoms with van der Waals surface area (Å²) >= 11 is 1.47. The lowest BCUT2D eigenvalue weighted by atomic mass is 10.2. The molecule has 2 rings (SSSR count). The van der Waals surface area contributed by atoms with Crippen LogP contribution in [0.5, 0.6) is 0 Å². The molecule has 8 nitrogen and oxygen atoms in total. The van der Waals surface area contributed by atoms with Gasteiger partial charge in [-0.1, -0.05) is 17.3 Å². The van der Waals surface area contributed by atoms with Gasteiger partial charge in [-0.3, -0.25) is 4.79 Å². The van der Waals surface area contributed by atoms with Crippen LogP contribution in [-0.2, 0) is 21.2 Å². The van der Waals surface area contributed by atoms with E-state index in [9.17, 15) is 17.6 Å². The first-order chi connectivity index (χ1) is 12.8. The molecule has 1 heterocycles. The summed E-state index contributed by atoms with van der Waals surface area (Å²) in [5, 5.41) is 6.29. The molecule has 0 aliphatic carbocycles. The van der Waals surface area contributed by atoms with Crippen molar-refractivity contribution >= 4 is 27.7 Å². The SMILES string of the molecule is CSCCC(NS(=O)(=O)c1ccccc1F)C(=O)NCCc1nc(C)no1. The molecule has 0 spiro atoms. The number of aryl methyl sites for hydroxylation is 1. The minimum absolute atomic E-state index is 0.206. The van der Waals surface area contributed by atoms with Crippen molar-refractivity contribution < 1.29 is 22.1 Å². The van der Waals surface area contributed by atoms with Crippen molar-refractivity contribution in [1.29, 1.82) is 0 Å². The van der Waals surface area contributed by atoms with E-state index >= 15 is 0 Å². The zero-order valence-corrected chi connectivity index (χ0v) is 16.6. The molecule has 1 amide bonds. The highest BCUT2D eigenvalue weighted by atomic mass is 32.2. The number of sulfonamides is 1. The topological polar surface area (TPSA) is 114 Å². The molecular weight excluding hydrogens is 395 g/mol. The van der Waals surface area contributed by atoms with Gasteiger partial charge in [-0.15, -0.1) is 0 Å². The van der Waals surface area contributed by atoms with Gasteiger partial charge in [-0.25, -0.2) is 12.8 Å². The molecule has 0 radical (unpaired) electrons. The summed E-state index contributed by atoms with van der Waals surface area (Å²) in [5.74, 6) is 0.0500. The first kappa shape index (κ1) is 21.3. The Kier molecular flexibility index (Phi) is 7.75. The van der Waals surface area contributed by atoms with E-state index in [1.807, 2.05) is 6.26 Å². The van der Waals surface area contributed by atoms with Gasteiger partial charge >= 0.3 is 0 Å². The minimum atomic E-state index is -4.18. The standard InChI is InChI=1S/C16H21FN4O4S2/c1-11-19-15(25-20-11)7-9-18-16(22)13(8-10-26-2)21-27(23,24)14-6-4-3-5-12(14)17/h3-6,13,21H,7-10H2,1-2H3,(H,18,22). The zero-order valence-electron chi connectivity index (χ0n) is 14.9. The van der Waals surface area contributed by atoms with Crippen molar-refractivity contribution in [2.45, 2.75) is 30.7 Å². The third kappa shape index (κ3) is 6.29. The highest BCUT2D eigenvalue weighted by Gasteiger charge is 2.27. The number of halogens is 1. The second-order valence-corrected chi connectivity index (χ2v) is 8.33. The van der Waals surface area contributed by atoms with Gasteiger partial charge < -0.3 is 9.84 Å². The molecule has 27 heavy (non-hydrogen) atoms. The minimum Gasteiger partial charge on any atom is -0.354 e. The van der Waals surface area contributed by atoms with Crippen molar-refractivity contribution in [3.63, 3.8) is 0 Å². The molecule has 1 atom stereocenters. The molecular formula is C16H21FN4O4S2. The quantitative estimate of drug-likeness (QED) is 0.599. The third-order valence-electron chi connectivity index (χ3n) is 3.56. The highest BCUT2D eigenvalue weighted by Crippen LogP contribution is 2.15. The Morgan fingerprint density at radius 3 is 2.74 bits per heavy atom. The average molecular weight is 417 g/mol. The maximum atomic E-state index is 13.8. The molecule has 0 saturated carbocycles. The van der Waals surface area contributed by atoms with Gasteiger partial charge in [0.25, 0.3) is 0 Å². The lowest BCUT2D eigenvalue weighted by Crippen LogP contribution is -2.47. The maximum absolute atomic E-state index is 13.8. The number of rotatable bonds is 10. The van der Waals surface area contributed by atoms with Gasteiger partial charge in [0.2, 0.25) is 21.8 Å². The van der Waals surface area contributed by atoms with E-state index in [-0.39, 0.29) is 13.0 Å². The molecule has 0 fully saturated rings. The molecule has 0 saturated heterocycles. The Hall–Kier alpha value is -1.98. The predicted octanol–water partition coefficient (Wildman–Crippen LogP) is 1.28. The molecule has 1 aromatic carbocycles. The number of aromatic nitrogens is 2.